The lowest BCUT2D eigenvalue weighted by molar-refractivity contribution is -0.870. The average Bonchev–Trinajstić information content (AvgIpc) is 3.44. The minimum absolute atomic E-state index is 0.0946. The molecule has 1 aliphatic carbocycles. The van der Waals surface area contributed by atoms with E-state index in [0.29, 0.717) is 11.1 Å². The summed E-state index contributed by atoms with van der Waals surface area (Å²) in [5, 5.41) is 6.13. The maximum Gasteiger partial charge on any atom is 0.673 e. The van der Waals surface area contributed by atoms with Gasteiger partial charge in [0.15, 0.2) is 0 Å². The highest BCUT2D eigenvalue weighted by atomic mass is 19.5. The van der Waals surface area contributed by atoms with Crippen LogP contribution in [0.3, 0.4) is 0 Å². The Bertz CT molecular complexity index is 1820. The number of quaternary nitrogens is 1. The molecule has 0 saturated carbocycles. The second kappa shape index (κ2) is 20.3. The predicted octanol–water partition coefficient (Wildman–Crippen LogP) is 11.5. The first-order valence-corrected chi connectivity index (χ1v) is 18.3. The first-order chi connectivity index (χ1) is 25.7. The van der Waals surface area contributed by atoms with Crippen LogP contribution in [0.4, 0.5) is 45.9 Å². The first-order valence-electron chi connectivity index (χ1n) is 18.3. The highest BCUT2D eigenvalue weighted by molar-refractivity contribution is 6.50. The molecule has 2 amide bonds. The summed E-state index contributed by atoms with van der Waals surface area (Å²) < 4.78 is 79.1. The van der Waals surface area contributed by atoms with Crippen LogP contribution in [-0.2, 0) is 19.3 Å². The number of benzene rings is 4. The molecule has 0 aliphatic heterocycles. The summed E-state index contributed by atoms with van der Waals surface area (Å²) in [6.45, 7) is 3.35. The number of fused-ring (bicyclic) bond motifs is 3. The van der Waals surface area contributed by atoms with Gasteiger partial charge in [-0.3, -0.25) is 9.59 Å². The number of nitrogens with zero attached hydrogens (tertiary/aromatic N) is 1. The van der Waals surface area contributed by atoms with Gasteiger partial charge >= 0.3 is 14.5 Å². The molecule has 0 fully saturated rings. The molecule has 0 saturated heterocycles. The Morgan fingerprint density at radius 2 is 0.945 bits per heavy atom. The van der Waals surface area contributed by atoms with Crippen LogP contribution in [0.5, 0.6) is 0 Å². The van der Waals surface area contributed by atoms with E-state index in [9.17, 15) is 44.1 Å². The number of hydrogen-bond donors (Lipinski definition) is 2. The number of carbonyl (C=O) groups is 2. The van der Waals surface area contributed by atoms with Crippen LogP contribution in [0.15, 0.2) is 84.9 Å². The lowest BCUT2D eigenvalue weighted by Crippen LogP contribution is -2.35. The molecule has 4 aromatic carbocycles. The number of unbranched alkanes of at least 4 members (excludes halogenated alkanes) is 5. The lowest BCUT2D eigenvalue weighted by atomic mass is 10.0. The normalized spacial score (nSPS) is 12.0. The quantitative estimate of drug-likeness (QED) is 0.0511. The maximum atomic E-state index is 13.0. The Balaban J connectivity index is 0.000000721. The van der Waals surface area contributed by atoms with Crippen molar-refractivity contribution in [2.24, 2.45) is 0 Å². The number of nitrogens with one attached hydrogen (secondary N) is 2. The van der Waals surface area contributed by atoms with Crippen molar-refractivity contribution in [3.8, 4) is 11.1 Å². The van der Waals surface area contributed by atoms with Crippen molar-refractivity contribution in [2.75, 3.05) is 38.3 Å². The Morgan fingerprint density at radius 3 is 1.35 bits per heavy atom. The van der Waals surface area contributed by atoms with Crippen LogP contribution >= 0.6 is 0 Å². The highest BCUT2D eigenvalue weighted by Crippen LogP contribution is 2.39. The number of hydrogen-bond acceptors (Lipinski definition) is 2. The molecular formula is C40H48B2F8N3O2-. The predicted molar refractivity (Wildman–Crippen MR) is 208 cm³/mol. The summed E-state index contributed by atoms with van der Waals surface area (Å²) in [5.74, 6) is -0.203. The molecule has 0 bridgehead atoms. The van der Waals surface area contributed by atoms with Gasteiger partial charge in [-0.1, -0.05) is 62.6 Å². The topological polar surface area (TPSA) is 58.2 Å². The number of rotatable bonds is 14. The van der Waals surface area contributed by atoms with Gasteiger partial charge in [0.05, 0.1) is 27.7 Å². The fraction of sp³-hybridized carbons (Fsp3) is 0.350. The number of halogens is 8. The fourth-order valence-electron chi connectivity index (χ4n) is 6.11. The van der Waals surface area contributed by atoms with Crippen molar-refractivity contribution in [2.45, 2.75) is 64.7 Å². The van der Waals surface area contributed by atoms with Crippen LogP contribution in [0.25, 0.3) is 11.1 Å². The molecule has 55 heavy (non-hydrogen) atoms. The van der Waals surface area contributed by atoms with Gasteiger partial charge in [-0.2, -0.15) is 0 Å². The Kier molecular flexibility index (Phi) is 16.5. The summed E-state index contributed by atoms with van der Waals surface area (Å²) >= 11 is 0. The number of carbonyl (C=O) groups excluding carboxylic acids is 2. The zero-order chi connectivity index (χ0) is 40.8. The van der Waals surface area contributed by atoms with Crippen molar-refractivity contribution < 1.29 is 48.6 Å². The van der Waals surface area contributed by atoms with E-state index < -0.39 is 14.5 Å². The van der Waals surface area contributed by atoms with E-state index in [4.69, 9.17) is 0 Å². The standard InChI is InChI=1S/C40H47N3O2.2BF4/c1-5-29-13-17-31(18-14-29)39(44)41-35-21-23-37-33(27-35)26-34-28-36(22-24-38(34)37)42-40(45)32-19-15-30(16-20-32)12-10-8-6-7-9-11-25-43(2,3)4;2*2-1(3,4)5/h13-24,27-28H,5-12,25-26H2,1-4H3,(H-,41,42,44,45);;/q;2*-1/p+1. The van der Waals surface area contributed by atoms with Crippen LogP contribution < -0.4 is 10.6 Å². The molecule has 2 N–H and O–H groups in total. The molecule has 5 nitrogen and oxygen atoms in total. The van der Waals surface area contributed by atoms with E-state index in [2.05, 4.69) is 75.1 Å². The molecule has 5 rings (SSSR count). The molecular weight excluding hydrogens is 728 g/mol. The monoisotopic (exact) mass is 776 g/mol. The van der Waals surface area contributed by atoms with E-state index in [1.54, 1.807) is 0 Å². The summed E-state index contributed by atoms with van der Waals surface area (Å²) in [7, 11) is -5.22. The van der Waals surface area contributed by atoms with E-state index in [1.807, 2.05) is 48.5 Å². The van der Waals surface area contributed by atoms with Gasteiger partial charge in [-0.05, 0) is 120 Å². The molecule has 1 aliphatic rings. The molecule has 0 atom stereocenters. The third-order valence-corrected chi connectivity index (χ3v) is 8.78. The van der Waals surface area contributed by atoms with Gasteiger partial charge < -0.3 is 49.6 Å². The number of aryl methyl sites for hydroxylation is 2. The Labute approximate surface area is 318 Å². The Morgan fingerprint density at radius 1 is 0.564 bits per heavy atom. The summed E-state index contributed by atoms with van der Waals surface area (Å²) in [6, 6.07) is 28.0. The van der Waals surface area contributed by atoms with Gasteiger partial charge in [-0.15, -0.1) is 0 Å². The zero-order valence-corrected chi connectivity index (χ0v) is 31.6. The smallest absolute Gasteiger partial charge is 0.418 e. The van der Waals surface area contributed by atoms with Crippen LogP contribution in [0.1, 0.15) is 88.4 Å². The van der Waals surface area contributed by atoms with Gasteiger partial charge in [0.1, 0.15) is 0 Å². The molecule has 15 heteroatoms. The van der Waals surface area contributed by atoms with Crippen LogP contribution in [0, 0.1) is 0 Å². The van der Waals surface area contributed by atoms with Gasteiger partial charge in [0.25, 0.3) is 11.8 Å². The minimum atomic E-state index is -6.00. The summed E-state index contributed by atoms with van der Waals surface area (Å²) in [5.41, 5.74) is 10.1. The molecule has 0 radical (unpaired) electrons. The van der Waals surface area contributed by atoms with Crippen molar-refractivity contribution in [1.82, 2.24) is 0 Å². The molecule has 4 aromatic rings. The molecule has 0 heterocycles. The van der Waals surface area contributed by atoms with Crippen molar-refractivity contribution in [1.29, 1.82) is 0 Å². The fourth-order valence-corrected chi connectivity index (χ4v) is 6.11. The van der Waals surface area contributed by atoms with E-state index in [1.165, 1.54) is 78.5 Å². The molecule has 0 spiro atoms. The number of anilines is 2. The third kappa shape index (κ3) is 17.6. The highest BCUT2D eigenvalue weighted by Gasteiger charge is 2.22. The SMILES string of the molecule is CCc1ccc(C(=O)Nc2ccc3c(c2)Cc2cc(NC(=O)c4ccc(CCCCCCCC[N+](C)(C)C)cc4)ccc2-3)cc1.F[B-](F)(F)F.F[B-](F)(F)F. The first kappa shape index (κ1) is 44.7. The van der Waals surface area contributed by atoms with E-state index >= 15 is 0 Å². The van der Waals surface area contributed by atoms with Crippen LogP contribution in [-0.4, -0.2) is 58.5 Å². The second-order valence-electron chi connectivity index (χ2n) is 14.5. The largest absolute Gasteiger partial charge is 0.673 e. The lowest BCUT2D eigenvalue weighted by Gasteiger charge is -2.23. The number of amides is 2. The van der Waals surface area contributed by atoms with Crippen molar-refractivity contribution in [3.63, 3.8) is 0 Å². The van der Waals surface area contributed by atoms with Crippen molar-refractivity contribution in [3.05, 3.63) is 118 Å². The van der Waals surface area contributed by atoms with Gasteiger partial charge in [-0.25, -0.2) is 0 Å². The third-order valence-electron chi connectivity index (χ3n) is 8.78. The van der Waals surface area contributed by atoms with Crippen molar-refractivity contribution >= 4 is 37.7 Å². The zero-order valence-electron chi connectivity index (χ0n) is 31.6. The Hall–Kier alpha value is -4.65. The maximum absolute atomic E-state index is 13.0. The van der Waals surface area contributed by atoms with Gasteiger partial charge in [0, 0.05) is 22.5 Å². The van der Waals surface area contributed by atoms with E-state index in [-0.39, 0.29) is 11.8 Å². The van der Waals surface area contributed by atoms with Crippen LogP contribution in [0.2, 0.25) is 0 Å². The summed E-state index contributed by atoms with van der Waals surface area (Å²) in [6.07, 6.45) is 10.5. The van der Waals surface area contributed by atoms with E-state index in [0.717, 1.165) is 35.1 Å². The second-order valence-corrected chi connectivity index (χ2v) is 14.5. The molecule has 298 valence electrons. The molecule has 0 aromatic heterocycles. The van der Waals surface area contributed by atoms with Gasteiger partial charge in [0.2, 0.25) is 0 Å². The molecule has 0 unspecified atom stereocenters. The summed E-state index contributed by atoms with van der Waals surface area (Å²) in [4.78, 5) is 25.8. The minimum Gasteiger partial charge on any atom is -0.418 e. The average molecular weight is 776 g/mol.